The third kappa shape index (κ3) is 5.17. The number of halogens is 3. The van der Waals surface area contributed by atoms with Crippen molar-refractivity contribution in [3.05, 3.63) is 66.2 Å². The van der Waals surface area contributed by atoms with Gasteiger partial charge in [0.15, 0.2) is 0 Å². The highest BCUT2D eigenvalue weighted by atomic mass is 19.4. The van der Waals surface area contributed by atoms with Crippen LogP contribution in [0, 0.1) is 0 Å². The molecule has 0 radical (unpaired) electrons. The first kappa shape index (κ1) is 20.5. The molecule has 0 saturated carbocycles. The Morgan fingerprint density at radius 3 is 2.52 bits per heavy atom. The summed E-state index contributed by atoms with van der Waals surface area (Å²) in [7, 11) is 0. The molecule has 3 N–H and O–H groups in total. The Hall–Kier alpha value is -3.26. The fourth-order valence-corrected chi connectivity index (χ4v) is 2.87. The van der Waals surface area contributed by atoms with Crippen LogP contribution in [0.15, 0.2) is 60.7 Å². The second kappa shape index (κ2) is 8.83. The zero-order chi connectivity index (χ0) is 20.9. The van der Waals surface area contributed by atoms with E-state index in [0.717, 1.165) is 16.8 Å². The van der Waals surface area contributed by atoms with Crippen molar-refractivity contribution in [3.8, 4) is 5.75 Å². The van der Waals surface area contributed by atoms with Crippen LogP contribution in [0.2, 0.25) is 0 Å². The van der Waals surface area contributed by atoms with Crippen LogP contribution in [-0.4, -0.2) is 30.8 Å². The molecule has 0 heterocycles. The Morgan fingerprint density at radius 1 is 1.00 bits per heavy atom. The lowest BCUT2D eigenvalue weighted by Gasteiger charge is -2.16. The van der Waals surface area contributed by atoms with E-state index in [1.54, 1.807) is 12.1 Å². The molecular weight excluding hydrogens is 385 g/mol. The number of benzene rings is 3. The molecule has 0 aliphatic rings. The average Bonchev–Trinajstić information content (AvgIpc) is 2.70. The molecule has 8 heteroatoms. The van der Waals surface area contributed by atoms with Crippen molar-refractivity contribution in [1.29, 1.82) is 0 Å². The van der Waals surface area contributed by atoms with Crippen LogP contribution in [0.4, 0.5) is 24.5 Å². The Labute approximate surface area is 165 Å². The molecule has 0 fully saturated rings. The van der Waals surface area contributed by atoms with Crippen molar-refractivity contribution in [2.45, 2.75) is 6.18 Å². The lowest BCUT2D eigenvalue weighted by molar-refractivity contribution is -0.137. The van der Waals surface area contributed by atoms with Gasteiger partial charge in [-0.3, -0.25) is 4.79 Å². The summed E-state index contributed by atoms with van der Waals surface area (Å²) < 4.78 is 45.1. The minimum atomic E-state index is -4.63. The molecule has 0 atom stereocenters. The molecular formula is C21H19F3N2O3. The summed E-state index contributed by atoms with van der Waals surface area (Å²) in [5, 5.41) is 15.8. The molecule has 0 aliphatic carbocycles. The molecule has 3 aromatic carbocycles. The van der Waals surface area contributed by atoms with E-state index in [0.29, 0.717) is 5.69 Å². The van der Waals surface area contributed by atoms with Gasteiger partial charge in [0.05, 0.1) is 18.7 Å². The zero-order valence-electron chi connectivity index (χ0n) is 15.3. The maximum absolute atomic E-state index is 13.4. The number of ether oxygens (including phenoxy) is 1. The van der Waals surface area contributed by atoms with Crippen molar-refractivity contribution in [2.24, 2.45) is 0 Å². The molecule has 0 aliphatic heterocycles. The van der Waals surface area contributed by atoms with Gasteiger partial charge >= 0.3 is 6.18 Å². The summed E-state index contributed by atoms with van der Waals surface area (Å²) in [5.41, 5.74) is -0.605. The van der Waals surface area contributed by atoms with Crippen LogP contribution in [0.3, 0.4) is 0 Å². The summed E-state index contributed by atoms with van der Waals surface area (Å²) in [6, 6.07) is 16.3. The maximum Gasteiger partial charge on any atom is 0.418 e. The molecule has 0 saturated heterocycles. The van der Waals surface area contributed by atoms with Gasteiger partial charge in [0, 0.05) is 16.8 Å². The van der Waals surface area contributed by atoms with Crippen molar-refractivity contribution in [3.63, 3.8) is 0 Å². The largest absolute Gasteiger partial charge is 0.491 e. The van der Waals surface area contributed by atoms with Gasteiger partial charge in [0.25, 0.3) is 0 Å². The standard InChI is InChI=1S/C21H19F3N2O3/c22-21(23,24)17-12-15(29-11-10-27)8-9-19(17)25-13-20(28)26-18-7-3-5-14-4-1-2-6-16(14)18/h1-9,12,25,27H,10-11,13H2,(H,26,28). The van der Waals surface area contributed by atoms with Crippen LogP contribution in [0.25, 0.3) is 10.8 Å². The average molecular weight is 404 g/mol. The van der Waals surface area contributed by atoms with E-state index >= 15 is 0 Å². The number of carbonyl (C=O) groups excluding carboxylic acids is 1. The van der Waals surface area contributed by atoms with E-state index < -0.39 is 17.6 Å². The molecule has 1 amide bonds. The maximum atomic E-state index is 13.4. The minimum absolute atomic E-state index is 0.0165. The van der Waals surface area contributed by atoms with E-state index in [2.05, 4.69) is 10.6 Å². The molecule has 5 nitrogen and oxygen atoms in total. The number of carbonyl (C=O) groups is 1. The van der Waals surface area contributed by atoms with Gasteiger partial charge in [-0.25, -0.2) is 0 Å². The van der Waals surface area contributed by atoms with Crippen molar-refractivity contribution < 1.29 is 27.8 Å². The number of aliphatic hydroxyl groups excluding tert-OH is 1. The molecule has 3 rings (SSSR count). The summed E-state index contributed by atoms with van der Waals surface area (Å²) in [4.78, 5) is 12.3. The Bertz CT molecular complexity index is 1000. The van der Waals surface area contributed by atoms with Gasteiger partial charge < -0.3 is 20.5 Å². The van der Waals surface area contributed by atoms with E-state index in [-0.39, 0.29) is 31.2 Å². The quantitative estimate of drug-likeness (QED) is 0.550. The molecule has 3 aromatic rings. The Morgan fingerprint density at radius 2 is 1.76 bits per heavy atom. The predicted molar refractivity (Wildman–Crippen MR) is 105 cm³/mol. The topological polar surface area (TPSA) is 70.6 Å². The van der Waals surface area contributed by atoms with Crippen LogP contribution >= 0.6 is 0 Å². The number of nitrogens with one attached hydrogen (secondary N) is 2. The molecule has 0 unspecified atom stereocenters. The smallest absolute Gasteiger partial charge is 0.418 e. The lowest BCUT2D eigenvalue weighted by Crippen LogP contribution is -2.23. The second-order valence-corrected chi connectivity index (χ2v) is 6.21. The molecule has 0 bridgehead atoms. The van der Waals surface area contributed by atoms with Crippen molar-refractivity contribution >= 4 is 28.1 Å². The fourth-order valence-electron chi connectivity index (χ4n) is 2.87. The zero-order valence-corrected chi connectivity index (χ0v) is 15.3. The van der Waals surface area contributed by atoms with Crippen molar-refractivity contribution in [2.75, 3.05) is 30.4 Å². The third-order valence-corrected chi connectivity index (χ3v) is 4.16. The Balaban J connectivity index is 1.72. The van der Waals surface area contributed by atoms with Crippen LogP contribution < -0.4 is 15.4 Å². The van der Waals surface area contributed by atoms with Crippen LogP contribution in [0.1, 0.15) is 5.56 Å². The fraction of sp³-hybridized carbons (Fsp3) is 0.190. The summed E-state index contributed by atoms with van der Waals surface area (Å²) >= 11 is 0. The van der Waals surface area contributed by atoms with Gasteiger partial charge in [-0.15, -0.1) is 0 Å². The molecule has 152 valence electrons. The van der Waals surface area contributed by atoms with E-state index in [1.165, 1.54) is 12.1 Å². The van der Waals surface area contributed by atoms with E-state index in [4.69, 9.17) is 9.84 Å². The normalized spacial score (nSPS) is 11.3. The van der Waals surface area contributed by atoms with Gasteiger partial charge in [0.1, 0.15) is 12.4 Å². The number of hydrogen-bond donors (Lipinski definition) is 3. The number of aliphatic hydroxyl groups is 1. The van der Waals surface area contributed by atoms with Gasteiger partial charge in [0.2, 0.25) is 5.91 Å². The summed E-state index contributed by atoms with van der Waals surface area (Å²) in [6.07, 6.45) is -4.63. The highest BCUT2D eigenvalue weighted by molar-refractivity contribution is 6.03. The van der Waals surface area contributed by atoms with E-state index in [9.17, 15) is 18.0 Å². The highest BCUT2D eigenvalue weighted by Gasteiger charge is 2.34. The lowest BCUT2D eigenvalue weighted by atomic mass is 10.1. The first-order valence-corrected chi connectivity index (χ1v) is 8.85. The summed E-state index contributed by atoms with van der Waals surface area (Å²) in [6.45, 7) is -0.768. The first-order valence-electron chi connectivity index (χ1n) is 8.85. The molecule has 0 aromatic heterocycles. The third-order valence-electron chi connectivity index (χ3n) is 4.16. The van der Waals surface area contributed by atoms with Crippen molar-refractivity contribution in [1.82, 2.24) is 0 Å². The number of alkyl halides is 3. The SMILES string of the molecule is O=C(CNc1ccc(OCCO)cc1C(F)(F)F)Nc1cccc2ccccc12. The second-order valence-electron chi connectivity index (χ2n) is 6.21. The molecule has 0 spiro atoms. The van der Waals surface area contributed by atoms with Crippen LogP contribution in [-0.2, 0) is 11.0 Å². The van der Waals surface area contributed by atoms with Gasteiger partial charge in [-0.05, 0) is 29.7 Å². The highest BCUT2D eigenvalue weighted by Crippen LogP contribution is 2.37. The number of anilines is 2. The summed E-state index contributed by atoms with van der Waals surface area (Å²) in [5.74, 6) is -0.493. The van der Waals surface area contributed by atoms with Crippen LogP contribution in [0.5, 0.6) is 5.75 Å². The minimum Gasteiger partial charge on any atom is -0.491 e. The van der Waals surface area contributed by atoms with Gasteiger partial charge in [-0.1, -0.05) is 36.4 Å². The predicted octanol–water partition coefficient (Wildman–Crippen LogP) is 4.28. The van der Waals surface area contributed by atoms with E-state index in [1.807, 2.05) is 30.3 Å². The van der Waals surface area contributed by atoms with Gasteiger partial charge in [-0.2, -0.15) is 13.2 Å². The molecule has 29 heavy (non-hydrogen) atoms. The first-order chi connectivity index (χ1) is 13.9. The Kier molecular flexibility index (Phi) is 6.23. The number of amides is 1. The number of rotatable bonds is 7. The number of fused-ring (bicyclic) bond motifs is 1. The monoisotopic (exact) mass is 404 g/mol. The number of hydrogen-bond acceptors (Lipinski definition) is 4.